The summed E-state index contributed by atoms with van der Waals surface area (Å²) in [7, 11) is 0. The zero-order valence-corrected chi connectivity index (χ0v) is 4.69. The molecule has 0 fully saturated rings. The topological polar surface area (TPSA) is 0 Å². The molecule has 0 aromatic heterocycles. The average Bonchev–Trinajstić information content (AvgIpc) is 1.46. The van der Waals surface area contributed by atoms with E-state index in [9.17, 15) is 0 Å². The SMILES string of the molecule is Cl[CH]Cl.[CH2]Cl. The minimum atomic E-state index is 0.944. The van der Waals surface area contributed by atoms with Crippen LogP contribution in [0.4, 0.5) is 0 Å². The van der Waals surface area contributed by atoms with Gasteiger partial charge in [-0.25, -0.2) is 0 Å². The third-order valence-corrected chi connectivity index (χ3v) is 0. The zero-order valence-electron chi connectivity index (χ0n) is 2.42. The molecule has 0 aliphatic rings. The first-order chi connectivity index (χ1) is 2.41. The van der Waals surface area contributed by atoms with Gasteiger partial charge in [0.15, 0.2) is 0 Å². The second kappa shape index (κ2) is 20.9. The van der Waals surface area contributed by atoms with Gasteiger partial charge < -0.3 is 0 Å². The number of rotatable bonds is 0. The first-order valence-electron chi connectivity index (χ1n) is 0.704. The Labute approximate surface area is 47.0 Å². The lowest BCUT2D eigenvalue weighted by Crippen LogP contribution is -1.06. The second-order valence-corrected chi connectivity index (χ2v) is 0.742. The second-order valence-electron chi connectivity index (χ2n) is 0.0825. The van der Waals surface area contributed by atoms with Crippen LogP contribution in [0.3, 0.4) is 0 Å². The van der Waals surface area contributed by atoms with Crippen LogP contribution in [0.1, 0.15) is 0 Å². The highest BCUT2D eigenvalue weighted by Crippen LogP contribution is 1.83. The molecule has 0 aromatic rings. The molecule has 32 valence electrons. The quantitative estimate of drug-likeness (QED) is 0.476. The molecule has 0 aromatic carbocycles. The van der Waals surface area contributed by atoms with Gasteiger partial charge in [0.1, 0.15) is 5.34 Å². The molecule has 0 spiro atoms. The predicted octanol–water partition coefficient (Wildman–Crippen LogP) is 2.60. The van der Waals surface area contributed by atoms with Crippen LogP contribution in [0.5, 0.6) is 0 Å². The van der Waals surface area contributed by atoms with E-state index in [0.717, 1.165) is 5.34 Å². The Morgan fingerprint density at radius 3 is 1.20 bits per heavy atom. The highest BCUT2D eigenvalue weighted by molar-refractivity contribution is 6.47. The van der Waals surface area contributed by atoms with Crippen LogP contribution in [0.2, 0.25) is 0 Å². The van der Waals surface area contributed by atoms with Gasteiger partial charge in [-0.1, -0.05) is 0 Å². The highest BCUT2D eigenvalue weighted by atomic mass is 35.5. The summed E-state index contributed by atoms with van der Waals surface area (Å²) < 4.78 is 0. The number of halogens is 3. The van der Waals surface area contributed by atoms with E-state index in [1.807, 2.05) is 0 Å². The lowest BCUT2D eigenvalue weighted by Gasteiger charge is -1.40. The Morgan fingerprint density at radius 2 is 1.20 bits per heavy atom. The van der Waals surface area contributed by atoms with Gasteiger partial charge in [0, 0.05) is 6.38 Å². The molecule has 0 atom stereocenters. The highest BCUT2D eigenvalue weighted by Gasteiger charge is 1.44. The van der Waals surface area contributed by atoms with E-state index in [-0.39, 0.29) is 0 Å². The number of hydrogen-bond acceptors (Lipinski definition) is 0. The van der Waals surface area contributed by atoms with Crippen LogP contribution in [0, 0.1) is 11.7 Å². The summed E-state index contributed by atoms with van der Waals surface area (Å²) in [5, 5.41) is 0.944. The minimum absolute atomic E-state index is 0.944. The smallest absolute Gasteiger partial charge is 0.125 e. The summed E-state index contributed by atoms with van der Waals surface area (Å²) in [6, 6.07) is 0. The van der Waals surface area contributed by atoms with Crippen molar-refractivity contribution in [3.63, 3.8) is 0 Å². The van der Waals surface area contributed by atoms with E-state index in [1.54, 1.807) is 0 Å². The van der Waals surface area contributed by atoms with E-state index in [0.29, 0.717) is 0 Å². The van der Waals surface area contributed by atoms with Gasteiger partial charge in [0.25, 0.3) is 0 Å². The summed E-state index contributed by atoms with van der Waals surface area (Å²) in [6.45, 7) is 0. The fourth-order valence-corrected chi connectivity index (χ4v) is 0. The normalized spacial score (nSPS) is 4.80. The van der Waals surface area contributed by atoms with Crippen LogP contribution in [0.15, 0.2) is 0 Å². The molecule has 0 heterocycles. The molecule has 0 amide bonds. The molecule has 3 heteroatoms. The van der Waals surface area contributed by atoms with Crippen LogP contribution in [0.25, 0.3) is 0 Å². The Kier molecular flexibility index (Phi) is 38.8. The fourth-order valence-electron chi connectivity index (χ4n) is 0. The van der Waals surface area contributed by atoms with Gasteiger partial charge in [-0.05, 0) is 0 Å². The maximum atomic E-state index is 4.64. The maximum Gasteiger partial charge on any atom is 0.137 e. The molecule has 0 N–H and O–H groups in total. The molecule has 0 saturated carbocycles. The largest absolute Gasteiger partial charge is 0.137 e. The Hall–Kier alpha value is 0.870. The molecule has 5 heavy (non-hydrogen) atoms. The van der Waals surface area contributed by atoms with Crippen molar-refractivity contribution in [2.45, 2.75) is 0 Å². The molecule has 0 aliphatic heterocycles. The first kappa shape index (κ1) is 9.30. The molecule has 0 aliphatic carbocycles. The molecule has 0 saturated heterocycles. The lowest BCUT2D eigenvalue weighted by atomic mass is 11.9. The summed E-state index contributed by atoms with van der Waals surface area (Å²) in [6.07, 6.45) is 2.72. The summed E-state index contributed by atoms with van der Waals surface area (Å²) in [4.78, 5) is 0. The van der Waals surface area contributed by atoms with E-state index in [1.165, 1.54) is 0 Å². The summed E-state index contributed by atoms with van der Waals surface area (Å²) in [5.41, 5.74) is 0. The Bertz CT molecular complexity index is 4.85. The van der Waals surface area contributed by atoms with Gasteiger partial charge >= 0.3 is 0 Å². The molecule has 0 unspecified atom stereocenters. The predicted molar refractivity (Wildman–Crippen MR) is 27.2 cm³/mol. The van der Waals surface area contributed by atoms with Crippen molar-refractivity contribution in [2.24, 2.45) is 0 Å². The molecular weight excluding hydrogens is 130 g/mol. The van der Waals surface area contributed by atoms with Gasteiger partial charge in [0.2, 0.25) is 0 Å². The van der Waals surface area contributed by atoms with E-state index >= 15 is 0 Å². The van der Waals surface area contributed by atoms with Gasteiger partial charge in [-0.3, -0.25) is 0 Å². The summed E-state index contributed by atoms with van der Waals surface area (Å²) in [5.74, 6) is 0. The van der Waals surface area contributed by atoms with Crippen LogP contribution in [-0.2, 0) is 0 Å². The van der Waals surface area contributed by atoms with Crippen molar-refractivity contribution in [3.05, 3.63) is 11.7 Å². The van der Waals surface area contributed by atoms with Crippen molar-refractivity contribution in [1.29, 1.82) is 0 Å². The van der Waals surface area contributed by atoms with Crippen LogP contribution >= 0.6 is 34.8 Å². The third-order valence-electron chi connectivity index (χ3n) is 0. The zero-order chi connectivity index (χ0) is 4.71. The van der Waals surface area contributed by atoms with Crippen molar-refractivity contribution >= 4 is 34.8 Å². The fraction of sp³-hybridized carbons (Fsp3) is 0. The standard InChI is InChI=1S/CHCl2.CH2Cl/c2-1-3;1-2/h1H;1H2. The van der Waals surface area contributed by atoms with Crippen molar-refractivity contribution in [2.75, 3.05) is 0 Å². The van der Waals surface area contributed by atoms with Crippen LogP contribution in [-0.4, -0.2) is 0 Å². The summed E-state index contributed by atoms with van der Waals surface area (Å²) >= 11 is 13.7. The lowest BCUT2D eigenvalue weighted by molar-refractivity contribution is 2.62. The third kappa shape index (κ3) is 53.0. The minimum Gasteiger partial charge on any atom is -0.125 e. The first-order valence-corrected chi connectivity index (χ1v) is 2.11. The van der Waals surface area contributed by atoms with Crippen LogP contribution < -0.4 is 0 Å². The molecule has 0 rings (SSSR count). The van der Waals surface area contributed by atoms with E-state index < -0.39 is 0 Å². The van der Waals surface area contributed by atoms with Gasteiger partial charge in [0.05, 0.1) is 0 Å². The molecule has 2 radical (unpaired) electrons. The maximum absolute atomic E-state index is 4.64. The molecular formula is C2H3Cl3. The van der Waals surface area contributed by atoms with Gasteiger partial charge in [-0.15, -0.1) is 34.8 Å². The Morgan fingerprint density at radius 1 is 1.20 bits per heavy atom. The van der Waals surface area contributed by atoms with Crippen molar-refractivity contribution in [3.8, 4) is 0 Å². The van der Waals surface area contributed by atoms with E-state index in [2.05, 4.69) is 41.2 Å². The monoisotopic (exact) mass is 132 g/mol. The number of hydrogen-bond donors (Lipinski definition) is 0. The van der Waals surface area contributed by atoms with Crippen molar-refractivity contribution in [1.82, 2.24) is 0 Å². The molecule has 0 nitrogen and oxygen atoms in total. The van der Waals surface area contributed by atoms with Gasteiger partial charge in [-0.2, -0.15) is 0 Å². The Balaban J connectivity index is 0. The van der Waals surface area contributed by atoms with Crippen molar-refractivity contribution < 1.29 is 0 Å². The average molecular weight is 133 g/mol. The van der Waals surface area contributed by atoms with E-state index in [4.69, 9.17) is 0 Å². The molecule has 0 bridgehead atoms.